The maximum Gasteiger partial charge on any atom is 0.257 e. The number of morpholine rings is 1. The second-order valence-corrected chi connectivity index (χ2v) is 10.6. The first-order chi connectivity index (χ1) is 15.1. The fourth-order valence-corrected chi connectivity index (χ4v) is 4.89. The largest absolute Gasteiger partial charge is 0.378 e. The van der Waals surface area contributed by atoms with E-state index in [1.165, 1.54) is 17.3 Å². The summed E-state index contributed by atoms with van der Waals surface area (Å²) in [7, 11) is 1.75. The van der Waals surface area contributed by atoms with Crippen LogP contribution in [0.1, 0.15) is 56.5 Å². The quantitative estimate of drug-likeness (QED) is 0.489. The molecule has 1 aromatic heterocycles. The lowest BCUT2D eigenvalue weighted by Crippen LogP contribution is -2.44. The monoisotopic (exact) mass is 457 g/mol. The average Bonchev–Trinajstić information content (AvgIpc) is 2.78. The molecule has 0 bridgehead atoms. The minimum atomic E-state index is -0.263. The van der Waals surface area contributed by atoms with Gasteiger partial charge in [-0.1, -0.05) is 63.7 Å². The lowest BCUT2D eigenvalue weighted by molar-refractivity contribution is -0.134. The van der Waals surface area contributed by atoms with Crippen molar-refractivity contribution >= 4 is 17.7 Å². The third-order valence-corrected chi connectivity index (χ3v) is 7.36. The lowest BCUT2D eigenvalue weighted by atomic mass is 9.86. The zero-order chi connectivity index (χ0) is 23.5. The molecule has 2 aromatic rings. The number of carbonyl (C=O) groups excluding carboxylic acids is 1. The van der Waals surface area contributed by atoms with E-state index < -0.39 is 0 Å². The topological polar surface area (TPSA) is 64.4 Å². The summed E-state index contributed by atoms with van der Waals surface area (Å²) < 4.78 is 6.95. The molecule has 3 rings (SSSR count). The Bertz CT molecular complexity index is 1000. The number of carbonyl (C=O) groups is 1. The maximum atomic E-state index is 13.2. The standard InChI is InChI=1S/C25H35N3O3S/c1-7-21(23(30)28-12-14-31-15-13-28)32-24-26-17(2)20(22(29)27(24)6)16-18-8-10-19(11-9-18)25(3,4)5/h8-11,21H,7,12-16H2,1-6H3. The highest BCUT2D eigenvalue weighted by atomic mass is 32.2. The Balaban J connectivity index is 1.80. The van der Waals surface area contributed by atoms with Crippen LogP contribution in [0.15, 0.2) is 34.2 Å². The molecule has 1 atom stereocenters. The molecule has 1 fully saturated rings. The molecule has 1 aliphatic heterocycles. The highest BCUT2D eigenvalue weighted by Crippen LogP contribution is 2.26. The number of thioether (sulfide) groups is 1. The highest BCUT2D eigenvalue weighted by Gasteiger charge is 2.27. The van der Waals surface area contributed by atoms with Gasteiger partial charge < -0.3 is 9.64 Å². The molecular weight excluding hydrogens is 422 g/mol. The summed E-state index contributed by atoms with van der Waals surface area (Å²) in [6, 6.07) is 8.46. The molecule has 0 spiro atoms. The van der Waals surface area contributed by atoms with Crippen molar-refractivity contribution in [2.45, 2.75) is 63.3 Å². The van der Waals surface area contributed by atoms with Gasteiger partial charge in [-0.3, -0.25) is 14.2 Å². The molecule has 1 aliphatic rings. The zero-order valence-corrected chi connectivity index (χ0v) is 20.9. The van der Waals surface area contributed by atoms with Crippen LogP contribution in [-0.4, -0.2) is 51.9 Å². The fraction of sp³-hybridized carbons (Fsp3) is 0.560. The molecule has 32 heavy (non-hydrogen) atoms. The first kappa shape index (κ1) is 24.5. The van der Waals surface area contributed by atoms with Crippen LogP contribution in [0.3, 0.4) is 0 Å². The first-order valence-corrected chi connectivity index (χ1v) is 12.2. The van der Waals surface area contributed by atoms with E-state index in [4.69, 9.17) is 9.72 Å². The van der Waals surface area contributed by atoms with Crippen LogP contribution >= 0.6 is 11.8 Å². The SMILES string of the molecule is CCC(Sc1nc(C)c(Cc2ccc(C(C)(C)C)cc2)c(=O)n1C)C(=O)N1CCOCC1. The van der Waals surface area contributed by atoms with Gasteiger partial charge in [0.15, 0.2) is 5.16 Å². The van der Waals surface area contributed by atoms with Crippen LogP contribution < -0.4 is 5.56 Å². The van der Waals surface area contributed by atoms with Crippen LogP contribution in [0.4, 0.5) is 0 Å². The van der Waals surface area contributed by atoms with Gasteiger partial charge in [-0.05, 0) is 29.9 Å². The molecule has 1 unspecified atom stereocenters. The summed E-state index contributed by atoms with van der Waals surface area (Å²) in [6.07, 6.45) is 1.22. The molecule has 174 valence electrons. The summed E-state index contributed by atoms with van der Waals surface area (Å²) in [5, 5.41) is 0.328. The molecule has 6 nitrogen and oxygen atoms in total. The van der Waals surface area contributed by atoms with Crippen molar-refractivity contribution in [3.8, 4) is 0 Å². The first-order valence-electron chi connectivity index (χ1n) is 11.3. The van der Waals surface area contributed by atoms with E-state index in [2.05, 4.69) is 45.0 Å². The third-order valence-electron chi connectivity index (χ3n) is 5.97. The van der Waals surface area contributed by atoms with E-state index in [9.17, 15) is 9.59 Å². The van der Waals surface area contributed by atoms with E-state index in [0.29, 0.717) is 49.9 Å². The Morgan fingerprint density at radius 1 is 1.19 bits per heavy atom. The highest BCUT2D eigenvalue weighted by molar-refractivity contribution is 8.00. The summed E-state index contributed by atoms with van der Waals surface area (Å²) in [5.74, 6) is 0.0933. The summed E-state index contributed by atoms with van der Waals surface area (Å²) in [4.78, 5) is 32.7. The molecular formula is C25H35N3O3S. The minimum Gasteiger partial charge on any atom is -0.378 e. The van der Waals surface area contributed by atoms with Gasteiger partial charge in [0.1, 0.15) is 0 Å². The summed E-state index contributed by atoms with van der Waals surface area (Å²) in [6.45, 7) is 12.8. The van der Waals surface area contributed by atoms with Crippen LogP contribution in [0.25, 0.3) is 0 Å². The van der Waals surface area contributed by atoms with Crippen molar-refractivity contribution < 1.29 is 9.53 Å². The van der Waals surface area contributed by atoms with E-state index in [1.807, 2.05) is 18.7 Å². The van der Waals surface area contributed by atoms with Crippen molar-refractivity contribution in [1.29, 1.82) is 0 Å². The molecule has 0 saturated carbocycles. The average molecular weight is 458 g/mol. The normalized spacial score (nSPS) is 15.6. The molecule has 2 heterocycles. The fourth-order valence-electron chi connectivity index (χ4n) is 3.79. The molecule has 0 aliphatic carbocycles. The van der Waals surface area contributed by atoms with Crippen molar-refractivity contribution in [3.63, 3.8) is 0 Å². The minimum absolute atomic E-state index is 0.0476. The van der Waals surface area contributed by atoms with Gasteiger partial charge in [0, 0.05) is 37.8 Å². The molecule has 1 amide bonds. The van der Waals surface area contributed by atoms with Crippen LogP contribution in [0.2, 0.25) is 0 Å². The van der Waals surface area contributed by atoms with E-state index in [0.717, 1.165) is 11.3 Å². The number of rotatable bonds is 6. The second-order valence-electron chi connectivity index (χ2n) is 9.40. The number of hydrogen-bond donors (Lipinski definition) is 0. The van der Waals surface area contributed by atoms with E-state index in [-0.39, 0.29) is 22.1 Å². The van der Waals surface area contributed by atoms with Crippen molar-refractivity contribution in [2.75, 3.05) is 26.3 Å². The number of amides is 1. The van der Waals surface area contributed by atoms with Gasteiger partial charge in [0.25, 0.3) is 5.56 Å². The summed E-state index contributed by atoms with van der Waals surface area (Å²) >= 11 is 1.38. The molecule has 1 aromatic carbocycles. The Hall–Kier alpha value is -2.12. The number of aromatic nitrogens is 2. The molecule has 0 radical (unpaired) electrons. The lowest BCUT2D eigenvalue weighted by Gasteiger charge is -2.30. The predicted octanol–water partition coefficient (Wildman–Crippen LogP) is 3.71. The van der Waals surface area contributed by atoms with Gasteiger partial charge in [-0.15, -0.1) is 0 Å². The van der Waals surface area contributed by atoms with Crippen LogP contribution in [-0.2, 0) is 28.4 Å². The van der Waals surface area contributed by atoms with Gasteiger partial charge >= 0.3 is 0 Å². The number of hydrogen-bond acceptors (Lipinski definition) is 5. The Kier molecular flexibility index (Phi) is 7.83. The molecule has 1 saturated heterocycles. The maximum absolute atomic E-state index is 13.2. The predicted molar refractivity (Wildman–Crippen MR) is 129 cm³/mol. The van der Waals surface area contributed by atoms with Crippen molar-refractivity contribution in [1.82, 2.24) is 14.5 Å². The third kappa shape index (κ3) is 5.62. The Morgan fingerprint density at radius 2 is 1.81 bits per heavy atom. The van der Waals surface area contributed by atoms with Crippen LogP contribution in [0, 0.1) is 6.92 Å². The second kappa shape index (κ2) is 10.2. The van der Waals surface area contributed by atoms with Gasteiger partial charge in [-0.25, -0.2) is 4.98 Å². The number of ether oxygens (including phenoxy) is 1. The van der Waals surface area contributed by atoms with Crippen molar-refractivity contribution in [3.05, 3.63) is 57.0 Å². The summed E-state index contributed by atoms with van der Waals surface area (Å²) in [5.41, 5.74) is 3.84. The van der Waals surface area contributed by atoms with Gasteiger partial charge in [-0.2, -0.15) is 0 Å². The Labute approximate surface area is 195 Å². The smallest absolute Gasteiger partial charge is 0.257 e. The van der Waals surface area contributed by atoms with E-state index >= 15 is 0 Å². The number of nitrogens with zero attached hydrogens (tertiary/aromatic N) is 3. The number of aryl methyl sites for hydroxylation is 1. The molecule has 7 heteroatoms. The Morgan fingerprint density at radius 3 is 2.38 bits per heavy atom. The number of benzene rings is 1. The zero-order valence-electron chi connectivity index (χ0n) is 20.1. The van der Waals surface area contributed by atoms with Gasteiger partial charge in [0.2, 0.25) is 5.91 Å². The molecule has 0 N–H and O–H groups in total. The van der Waals surface area contributed by atoms with Gasteiger partial charge in [0.05, 0.1) is 18.5 Å². The van der Waals surface area contributed by atoms with E-state index in [1.54, 1.807) is 11.6 Å². The van der Waals surface area contributed by atoms with Crippen LogP contribution in [0.5, 0.6) is 0 Å². The van der Waals surface area contributed by atoms with Crippen molar-refractivity contribution in [2.24, 2.45) is 7.05 Å².